The van der Waals surface area contributed by atoms with Gasteiger partial charge in [-0.1, -0.05) is 131 Å². The number of nitrogens with zero attached hydrogens (tertiary/aromatic N) is 1. The van der Waals surface area contributed by atoms with E-state index in [-0.39, 0.29) is 16.2 Å². The maximum absolute atomic E-state index is 7.46. The van der Waals surface area contributed by atoms with Gasteiger partial charge in [-0.15, -0.1) is 0 Å². The van der Waals surface area contributed by atoms with Crippen LogP contribution in [0.2, 0.25) is 0 Å². The van der Waals surface area contributed by atoms with Crippen molar-refractivity contribution in [3.05, 3.63) is 162 Å². The summed E-state index contributed by atoms with van der Waals surface area (Å²) in [7, 11) is 0. The van der Waals surface area contributed by atoms with E-state index in [4.69, 9.17) is 4.74 Å². The van der Waals surface area contributed by atoms with Crippen molar-refractivity contribution in [2.45, 2.75) is 82.5 Å². The van der Waals surface area contributed by atoms with Gasteiger partial charge in [0.25, 0.3) is 0 Å². The Kier molecular flexibility index (Phi) is 6.67. The van der Waals surface area contributed by atoms with Crippen LogP contribution < -0.4 is 9.64 Å². The summed E-state index contributed by atoms with van der Waals surface area (Å²) in [6, 6.07) is 52.5. The largest absolute Gasteiger partial charge is 0.454 e. The van der Waals surface area contributed by atoms with Crippen LogP contribution in [0, 0.1) is 29.1 Å². The van der Waals surface area contributed by atoms with E-state index in [1.165, 1.54) is 88.7 Å². The first-order valence-electron chi connectivity index (χ1n) is 21.3. The van der Waals surface area contributed by atoms with E-state index in [1.54, 1.807) is 0 Å². The molecule has 1 heterocycles. The molecule has 4 fully saturated rings. The summed E-state index contributed by atoms with van der Waals surface area (Å²) >= 11 is 0. The second kappa shape index (κ2) is 11.3. The van der Waals surface area contributed by atoms with Crippen LogP contribution in [0.1, 0.15) is 88.5 Å². The molecule has 0 aromatic heterocycles. The lowest BCUT2D eigenvalue weighted by Crippen LogP contribution is -2.74. The Morgan fingerprint density at radius 2 is 1.20 bits per heavy atom. The van der Waals surface area contributed by atoms with Gasteiger partial charge < -0.3 is 9.64 Å². The highest BCUT2D eigenvalue weighted by Crippen LogP contribution is 2.90. The zero-order valence-corrected chi connectivity index (χ0v) is 33.2. The molecule has 6 aromatic carbocycles. The van der Waals surface area contributed by atoms with Crippen LogP contribution in [0.3, 0.4) is 0 Å². The smallest absolute Gasteiger partial charge is 0.156 e. The van der Waals surface area contributed by atoms with Gasteiger partial charge >= 0.3 is 0 Å². The SMILES string of the molecule is CC1(C)CCC(C)(C)c2cc(N(c3ccc(-c4ccccc4)cc3)c3ccc(-c4ccccc4)c4c3Oc3ccccc3C43C4CC5CC6CC3C64C5)ccc21. The topological polar surface area (TPSA) is 12.5 Å². The number of hydrogen-bond donors (Lipinski definition) is 0. The molecule has 12 rings (SSSR count). The minimum Gasteiger partial charge on any atom is -0.454 e. The summed E-state index contributed by atoms with van der Waals surface area (Å²) in [5.74, 6) is 5.20. The molecule has 0 saturated heterocycles. The summed E-state index contributed by atoms with van der Waals surface area (Å²) in [6.07, 6.45) is 7.97. The second-order valence-corrected chi connectivity index (χ2v) is 19.6. The minimum absolute atomic E-state index is 0.0538. The summed E-state index contributed by atoms with van der Waals surface area (Å²) in [4.78, 5) is 2.53. The van der Waals surface area contributed by atoms with E-state index in [0.29, 0.717) is 17.3 Å². The number of para-hydroxylation sites is 1. The first-order chi connectivity index (χ1) is 27.2. The number of rotatable bonds is 5. The Morgan fingerprint density at radius 3 is 1.95 bits per heavy atom. The maximum atomic E-state index is 7.46. The van der Waals surface area contributed by atoms with Crippen molar-refractivity contribution in [3.63, 3.8) is 0 Å². The van der Waals surface area contributed by atoms with Crippen LogP contribution >= 0.6 is 0 Å². The molecule has 6 aliphatic rings. The minimum atomic E-state index is -0.0538. The molecular formula is C54H51NO. The quantitative estimate of drug-likeness (QED) is 0.175. The average Bonchev–Trinajstić information content (AvgIpc) is 3.76. The van der Waals surface area contributed by atoms with Gasteiger partial charge in [-0.25, -0.2) is 0 Å². The molecule has 2 bridgehead atoms. The number of benzene rings is 6. The Hall–Kier alpha value is -5.08. The summed E-state index contributed by atoms with van der Waals surface area (Å²) in [5, 5.41) is 0. The zero-order valence-electron chi connectivity index (χ0n) is 33.2. The number of fused-ring (bicyclic) bond motifs is 8. The van der Waals surface area contributed by atoms with Gasteiger partial charge in [0, 0.05) is 27.9 Å². The van der Waals surface area contributed by atoms with Crippen molar-refractivity contribution in [2.24, 2.45) is 29.1 Å². The van der Waals surface area contributed by atoms with Crippen LogP contribution in [0.25, 0.3) is 22.3 Å². The molecule has 2 spiro atoms. The standard InChI is InChI=1S/C54H51NO/c1-51(2)27-28-52(3,4)44-32-40(23-25-42(44)51)55(39-21-19-36(20-22-39)35-13-7-5-8-14-35)45-26-24-41(37-15-9-6-10-16-37)49-50(45)56-46-18-12-11-17-43(46)54(49)47-30-34-29-38-31-48(54)53(38,47)33-34/h5-26,32,34,38,47-48H,27-31,33H2,1-4H3. The van der Waals surface area contributed by atoms with Crippen LogP contribution in [0.15, 0.2) is 140 Å². The van der Waals surface area contributed by atoms with Gasteiger partial charge in [0.1, 0.15) is 5.75 Å². The predicted molar refractivity (Wildman–Crippen MR) is 229 cm³/mol. The molecule has 278 valence electrons. The lowest BCUT2D eigenvalue weighted by Gasteiger charge is -2.77. The maximum Gasteiger partial charge on any atom is 0.156 e. The van der Waals surface area contributed by atoms with E-state index in [0.717, 1.165) is 34.7 Å². The molecule has 6 atom stereocenters. The first kappa shape index (κ1) is 33.1. The normalized spacial score (nSPS) is 28.9. The Labute approximate surface area is 332 Å². The fourth-order valence-corrected chi connectivity index (χ4v) is 13.8. The van der Waals surface area contributed by atoms with Gasteiger partial charge in [-0.3, -0.25) is 0 Å². The fraction of sp³-hybridized carbons (Fsp3) is 0.333. The fourth-order valence-electron chi connectivity index (χ4n) is 13.8. The van der Waals surface area contributed by atoms with Crippen LogP contribution in [-0.2, 0) is 16.2 Å². The van der Waals surface area contributed by atoms with E-state index < -0.39 is 0 Å². The molecule has 2 nitrogen and oxygen atoms in total. The van der Waals surface area contributed by atoms with Crippen molar-refractivity contribution in [1.82, 2.24) is 0 Å². The average molecular weight is 730 g/mol. The Balaban J connectivity index is 1.13. The molecule has 1 aliphatic heterocycles. The van der Waals surface area contributed by atoms with E-state index in [9.17, 15) is 0 Å². The van der Waals surface area contributed by atoms with E-state index in [1.807, 2.05) is 0 Å². The van der Waals surface area contributed by atoms with E-state index in [2.05, 4.69) is 172 Å². The van der Waals surface area contributed by atoms with Gasteiger partial charge in [0.05, 0.1) is 5.69 Å². The molecule has 0 amide bonds. The molecule has 4 saturated carbocycles. The molecular weight excluding hydrogens is 679 g/mol. The number of anilines is 3. The van der Waals surface area contributed by atoms with E-state index >= 15 is 0 Å². The number of hydrogen-bond acceptors (Lipinski definition) is 2. The zero-order chi connectivity index (χ0) is 37.6. The van der Waals surface area contributed by atoms with Crippen LogP contribution in [-0.4, -0.2) is 0 Å². The Morgan fingerprint density at radius 1 is 0.554 bits per heavy atom. The summed E-state index contributed by atoms with van der Waals surface area (Å²) < 4.78 is 7.46. The van der Waals surface area contributed by atoms with Crippen LogP contribution in [0.5, 0.6) is 11.5 Å². The monoisotopic (exact) mass is 729 g/mol. The molecule has 0 radical (unpaired) electrons. The molecule has 2 heteroatoms. The molecule has 0 N–H and O–H groups in total. The highest BCUT2D eigenvalue weighted by atomic mass is 16.5. The highest BCUT2D eigenvalue weighted by Gasteiger charge is 2.84. The van der Waals surface area contributed by atoms with Crippen molar-refractivity contribution in [3.8, 4) is 33.8 Å². The third kappa shape index (κ3) is 4.18. The number of ether oxygens (including phenoxy) is 1. The summed E-state index contributed by atoms with van der Waals surface area (Å²) in [6.45, 7) is 9.74. The highest BCUT2D eigenvalue weighted by molar-refractivity contribution is 5.89. The Bertz CT molecular complexity index is 2550. The first-order valence-corrected chi connectivity index (χ1v) is 21.3. The van der Waals surface area contributed by atoms with Crippen molar-refractivity contribution in [2.75, 3.05) is 4.90 Å². The third-order valence-electron chi connectivity index (χ3n) is 16.3. The third-order valence-corrected chi connectivity index (χ3v) is 16.3. The van der Waals surface area contributed by atoms with Crippen molar-refractivity contribution < 1.29 is 4.74 Å². The lowest BCUT2D eigenvalue weighted by atomic mass is 9.26. The van der Waals surface area contributed by atoms with Gasteiger partial charge in [-0.2, -0.15) is 0 Å². The lowest BCUT2D eigenvalue weighted by molar-refractivity contribution is -0.234. The van der Waals surface area contributed by atoms with Crippen molar-refractivity contribution >= 4 is 17.1 Å². The van der Waals surface area contributed by atoms with Crippen LogP contribution in [0.4, 0.5) is 17.1 Å². The molecule has 5 aliphatic carbocycles. The van der Waals surface area contributed by atoms with Gasteiger partial charge in [0.2, 0.25) is 0 Å². The molecule has 6 unspecified atom stereocenters. The van der Waals surface area contributed by atoms with Crippen molar-refractivity contribution in [1.29, 1.82) is 0 Å². The predicted octanol–water partition coefficient (Wildman–Crippen LogP) is 14.3. The molecule has 6 aromatic rings. The van der Waals surface area contributed by atoms with Gasteiger partial charge in [0.15, 0.2) is 5.75 Å². The summed E-state index contributed by atoms with van der Waals surface area (Å²) in [5.41, 5.74) is 15.1. The molecule has 56 heavy (non-hydrogen) atoms. The second-order valence-electron chi connectivity index (χ2n) is 19.6. The van der Waals surface area contributed by atoms with Gasteiger partial charge in [-0.05, 0) is 148 Å².